The first-order valence-corrected chi connectivity index (χ1v) is 10.2. The van der Waals surface area contributed by atoms with Gasteiger partial charge in [0.25, 0.3) is 0 Å². The summed E-state index contributed by atoms with van der Waals surface area (Å²) >= 11 is 6.76. The Balaban J connectivity index is 1.70. The lowest BCUT2D eigenvalue weighted by atomic mass is 9.96. The number of ketones is 2. The fourth-order valence-electron chi connectivity index (χ4n) is 3.07. The summed E-state index contributed by atoms with van der Waals surface area (Å²) in [7, 11) is 0. The van der Waals surface area contributed by atoms with E-state index < -0.39 is 0 Å². The first-order valence-electron chi connectivity index (χ1n) is 8.66. The van der Waals surface area contributed by atoms with Crippen molar-refractivity contribution in [2.24, 2.45) is 0 Å². The Labute approximate surface area is 179 Å². The van der Waals surface area contributed by atoms with Gasteiger partial charge in [-0.25, -0.2) is 0 Å². The topological polar surface area (TPSA) is 34.1 Å². The predicted molar refractivity (Wildman–Crippen MR) is 119 cm³/mol. The van der Waals surface area contributed by atoms with E-state index in [1.165, 1.54) is 0 Å². The zero-order chi connectivity index (χ0) is 19.7. The molecule has 0 aliphatic rings. The van der Waals surface area contributed by atoms with Crippen LogP contribution in [0, 0.1) is 0 Å². The van der Waals surface area contributed by atoms with Crippen molar-refractivity contribution in [1.29, 1.82) is 0 Å². The normalized spacial score (nSPS) is 10.8. The molecule has 2 nitrogen and oxygen atoms in total. The number of hydrogen-bond acceptors (Lipinski definition) is 2. The molecule has 28 heavy (non-hydrogen) atoms. The molecular formula is C24H14Br2O2. The molecule has 4 aromatic carbocycles. The molecule has 0 unspecified atom stereocenters. The first kappa shape index (κ1) is 18.8. The molecule has 0 aliphatic carbocycles. The molecular weight excluding hydrogens is 480 g/mol. The molecule has 0 radical (unpaired) electrons. The van der Waals surface area contributed by atoms with E-state index in [1.54, 1.807) is 24.3 Å². The largest absolute Gasteiger partial charge is 0.289 e. The molecule has 0 amide bonds. The number of benzene rings is 4. The van der Waals surface area contributed by atoms with Crippen LogP contribution >= 0.6 is 31.9 Å². The van der Waals surface area contributed by atoms with E-state index in [0.29, 0.717) is 22.3 Å². The number of hydrogen-bond donors (Lipinski definition) is 0. The zero-order valence-electron chi connectivity index (χ0n) is 14.7. The second-order valence-electron chi connectivity index (χ2n) is 6.45. The molecule has 136 valence electrons. The van der Waals surface area contributed by atoms with Gasteiger partial charge in [0.15, 0.2) is 11.6 Å². The van der Waals surface area contributed by atoms with Gasteiger partial charge >= 0.3 is 0 Å². The minimum Gasteiger partial charge on any atom is -0.289 e. The van der Waals surface area contributed by atoms with Crippen molar-refractivity contribution in [2.75, 3.05) is 0 Å². The van der Waals surface area contributed by atoms with Crippen LogP contribution in [0.5, 0.6) is 0 Å². The average Bonchev–Trinajstić information content (AvgIpc) is 2.73. The molecule has 0 aliphatic heterocycles. The number of carbonyl (C=O) groups is 2. The Morgan fingerprint density at radius 3 is 1.21 bits per heavy atom. The van der Waals surface area contributed by atoms with E-state index in [2.05, 4.69) is 31.9 Å². The Morgan fingerprint density at radius 1 is 0.464 bits per heavy atom. The third-order valence-electron chi connectivity index (χ3n) is 4.58. The number of carbonyl (C=O) groups excluding carboxylic acids is 2. The standard InChI is InChI=1S/C24H14Br2O2/c25-21-9-5-16(6-10-21)23(27)18-3-1-15-2-4-19(14-20(15)13-18)24(28)17-7-11-22(26)12-8-17/h1-14H. The van der Waals surface area contributed by atoms with Crippen LogP contribution in [-0.2, 0) is 0 Å². The number of rotatable bonds is 4. The van der Waals surface area contributed by atoms with Gasteiger partial charge in [0.2, 0.25) is 0 Å². The summed E-state index contributed by atoms with van der Waals surface area (Å²) < 4.78 is 1.86. The number of fused-ring (bicyclic) bond motifs is 1. The quantitative estimate of drug-likeness (QED) is 0.292. The Kier molecular flexibility index (Phi) is 5.25. The SMILES string of the molecule is O=C(c1ccc(Br)cc1)c1ccc2ccc(C(=O)c3ccc(Br)cc3)cc2c1. The van der Waals surface area contributed by atoms with E-state index in [4.69, 9.17) is 0 Å². The highest BCUT2D eigenvalue weighted by Gasteiger charge is 2.12. The van der Waals surface area contributed by atoms with Gasteiger partial charge in [-0.3, -0.25) is 9.59 Å². The lowest BCUT2D eigenvalue weighted by Gasteiger charge is -2.07. The molecule has 4 aromatic rings. The second-order valence-corrected chi connectivity index (χ2v) is 8.28. The lowest BCUT2D eigenvalue weighted by Crippen LogP contribution is -2.02. The van der Waals surface area contributed by atoms with E-state index in [-0.39, 0.29) is 11.6 Å². The smallest absolute Gasteiger partial charge is 0.193 e. The van der Waals surface area contributed by atoms with E-state index in [9.17, 15) is 9.59 Å². The summed E-state index contributed by atoms with van der Waals surface area (Å²) in [5.74, 6) is -0.0851. The van der Waals surface area contributed by atoms with Gasteiger partial charge < -0.3 is 0 Å². The Morgan fingerprint density at radius 2 is 0.821 bits per heavy atom. The fourth-order valence-corrected chi connectivity index (χ4v) is 3.59. The zero-order valence-corrected chi connectivity index (χ0v) is 17.8. The molecule has 0 saturated heterocycles. The van der Waals surface area contributed by atoms with Gasteiger partial charge in [0.05, 0.1) is 0 Å². The number of halogens is 2. The van der Waals surface area contributed by atoms with E-state index in [0.717, 1.165) is 19.7 Å². The minimum absolute atomic E-state index is 0.0426. The second kappa shape index (κ2) is 7.82. The van der Waals surface area contributed by atoms with Gasteiger partial charge in [0, 0.05) is 31.2 Å². The van der Waals surface area contributed by atoms with Crippen LogP contribution < -0.4 is 0 Å². The molecule has 0 aromatic heterocycles. The highest BCUT2D eigenvalue weighted by atomic mass is 79.9. The maximum Gasteiger partial charge on any atom is 0.193 e. The first-order chi connectivity index (χ1) is 13.5. The highest BCUT2D eigenvalue weighted by molar-refractivity contribution is 9.10. The van der Waals surface area contributed by atoms with Crippen molar-refractivity contribution < 1.29 is 9.59 Å². The van der Waals surface area contributed by atoms with Crippen LogP contribution in [0.25, 0.3) is 10.8 Å². The summed E-state index contributed by atoms with van der Waals surface area (Å²) in [5, 5.41) is 1.85. The van der Waals surface area contributed by atoms with Crippen LogP contribution in [0.4, 0.5) is 0 Å². The maximum atomic E-state index is 12.8. The van der Waals surface area contributed by atoms with Crippen molar-refractivity contribution in [3.8, 4) is 0 Å². The van der Waals surface area contributed by atoms with Gasteiger partial charge in [-0.15, -0.1) is 0 Å². The molecule has 0 bridgehead atoms. The molecule has 0 atom stereocenters. The molecule has 4 heteroatoms. The monoisotopic (exact) mass is 492 g/mol. The lowest BCUT2D eigenvalue weighted by molar-refractivity contribution is 0.103. The summed E-state index contributed by atoms with van der Waals surface area (Å²) in [4.78, 5) is 25.6. The molecule has 0 saturated carbocycles. The maximum absolute atomic E-state index is 12.8. The third-order valence-corrected chi connectivity index (χ3v) is 5.63. The van der Waals surface area contributed by atoms with Crippen molar-refractivity contribution >= 4 is 54.2 Å². The van der Waals surface area contributed by atoms with Gasteiger partial charge in [0.1, 0.15) is 0 Å². The van der Waals surface area contributed by atoms with Crippen molar-refractivity contribution in [3.05, 3.63) is 116 Å². The Hall–Kier alpha value is -2.56. The summed E-state index contributed by atoms with van der Waals surface area (Å²) in [6, 6.07) is 25.7. The van der Waals surface area contributed by atoms with Crippen molar-refractivity contribution in [2.45, 2.75) is 0 Å². The molecule has 0 heterocycles. The predicted octanol–water partition coefficient (Wildman–Crippen LogP) is 6.83. The van der Waals surface area contributed by atoms with E-state index >= 15 is 0 Å². The van der Waals surface area contributed by atoms with Gasteiger partial charge in [-0.2, -0.15) is 0 Å². The van der Waals surface area contributed by atoms with Crippen LogP contribution in [0.2, 0.25) is 0 Å². The van der Waals surface area contributed by atoms with Crippen LogP contribution in [0.3, 0.4) is 0 Å². The average molecular weight is 494 g/mol. The summed E-state index contributed by atoms with van der Waals surface area (Å²) in [5.41, 5.74) is 2.46. The highest BCUT2D eigenvalue weighted by Crippen LogP contribution is 2.23. The van der Waals surface area contributed by atoms with Crippen molar-refractivity contribution in [1.82, 2.24) is 0 Å². The van der Waals surface area contributed by atoms with Gasteiger partial charge in [-0.05, 0) is 71.4 Å². The van der Waals surface area contributed by atoms with E-state index in [1.807, 2.05) is 60.7 Å². The molecule has 0 fully saturated rings. The minimum atomic E-state index is -0.0426. The third kappa shape index (κ3) is 3.84. The summed E-state index contributed by atoms with van der Waals surface area (Å²) in [6.45, 7) is 0. The Bertz CT molecular complexity index is 1100. The van der Waals surface area contributed by atoms with Crippen molar-refractivity contribution in [3.63, 3.8) is 0 Å². The molecule has 0 N–H and O–H groups in total. The summed E-state index contributed by atoms with van der Waals surface area (Å²) in [6.07, 6.45) is 0. The van der Waals surface area contributed by atoms with Crippen LogP contribution in [-0.4, -0.2) is 11.6 Å². The van der Waals surface area contributed by atoms with Crippen LogP contribution in [0.1, 0.15) is 31.8 Å². The van der Waals surface area contributed by atoms with Gasteiger partial charge in [-0.1, -0.05) is 56.1 Å². The van der Waals surface area contributed by atoms with Crippen LogP contribution in [0.15, 0.2) is 93.9 Å². The molecule has 0 spiro atoms. The fraction of sp³-hybridized carbons (Fsp3) is 0. The molecule has 4 rings (SSSR count).